The third-order valence-electron chi connectivity index (χ3n) is 5.10. The van der Waals surface area contributed by atoms with E-state index in [1.54, 1.807) is 0 Å². The molecule has 1 aromatic heterocycles. The van der Waals surface area contributed by atoms with Gasteiger partial charge in [0, 0.05) is 37.5 Å². The van der Waals surface area contributed by atoms with Crippen molar-refractivity contribution in [3.63, 3.8) is 0 Å². The number of likely N-dealkylation sites (N-methyl/N-ethyl adjacent to an activating group) is 1. The zero-order chi connectivity index (χ0) is 15.6. The first kappa shape index (κ1) is 15.3. The van der Waals surface area contributed by atoms with Crippen molar-refractivity contribution in [3.8, 4) is 0 Å². The lowest BCUT2D eigenvalue weighted by Crippen LogP contribution is -2.59. The van der Waals surface area contributed by atoms with Crippen LogP contribution in [0.2, 0.25) is 0 Å². The molecule has 0 aromatic carbocycles. The molecule has 6 heteroatoms. The second kappa shape index (κ2) is 6.71. The summed E-state index contributed by atoms with van der Waals surface area (Å²) in [5.74, 6) is 2.17. The molecule has 23 heavy (non-hydrogen) atoms. The van der Waals surface area contributed by atoms with E-state index in [4.69, 9.17) is 9.47 Å². The molecular formula is C17H26N4O2. The maximum atomic E-state index is 5.59. The van der Waals surface area contributed by atoms with Crippen molar-refractivity contribution in [2.24, 2.45) is 5.92 Å². The van der Waals surface area contributed by atoms with Gasteiger partial charge in [0.25, 0.3) is 0 Å². The largest absolute Gasteiger partial charge is 0.379 e. The molecule has 0 bridgehead atoms. The minimum Gasteiger partial charge on any atom is -0.379 e. The molecule has 3 fully saturated rings. The highest BCUT2D eigenvalue weighted by Gasteiger charge is 2.33. The fourth-order valence-electron chi connectivity index (χ4n) is 3.35. The third kappa shape index (κ3) is 3.65. The van der Waals surface area contributed by atoms with E-state index in [1.807, 2.05) is 0 Å². The van der Waals surface area contributed by atoms with Crippen LogP contribution >= 0.6 is 0 Å². The Morgan fingerprint density at radius 1 is 1.13 bits per heavy atom. The Labute approximate surface area is 137 Å². The molecule has 0 N–H and O–H groups in total. The number of hydrogen-bond donors (Lipinski definition) is 0. The van der Waals surface area contributed by atoms with Crippen LogP contribution in [0.1, 0.15) is 24.5 Å². The first-order valence-electron chi connectivity index (χ1n) is 8.74. The van der Waals surface area contributed by atoms with Gasteiger partial charge in [0.15, 0.2) is 5.82 Å². The Bertz CT molecular complexity index is 506. The summed E-state index contributed by atoms with van der Waals surface area (Å²) in [6, 6.07) is 4.87. The predicted octanol–water partition coefficient (Wildman–Crippen LogP) is 1.14. The van der Waals surface area contributed by atoms with Gasteiger partial charge < -0.3 is 14.4 Å². The summed E-state index contributed by atoms with van der Waals surface area (Å²) >= 11 is 0. The second-order valence-corrected chi connectivity index (χ2v) is 7.10. The Morgan fingerprint density at radius 2 is 1.87 bits per heavy atom. The minimum absolute atomic E-state index is 0.481. The van der Waals surface area contributed by atoms with Crippen LogP contribution in [0.5, 0.6) is 0 Å². The zero-order valence-electron chi connectivity index (χ0n) is 13.9. The van der Waals surface area contributed by atoms with Gasteiger partial charge in [-0.05, 0) is 32.0 Å². The van der Waals surface area contributed by atoms with Crippen molar-refractivity contribution < 1.29 is 9.47 Å². The molecule has 6 nitrogen and oxygen atoms in total. The van der Waals surface area contributed by atoms with E-state index in [-0.39, 0.29) is 0 Å². The van der Waals surface area contributed by atoms with Crippen LogP contribution in [-0.2, 0) is 9.47 Å². The summed E-state index contributed by atoms with van der Waals surface area (Å²) in [6.45, 7) is 6.18. The molecule has 1 aliphatic carbocycles. The molecule has 1 aromatic rings. The van der Waals surface area contributed by atoms with E-state index in [2.05, 4.69) is 39.2 Å². The number of hydrogen-bond acceptors (Lipinski definition) is 6. The third-order valence-corrected chi connectivity index (χ3v) is 5.10. The van der Waals surface area contributed by atoms with Gasteiger partial charge in [-0.3, -0.25) is 4.90 Å². The molecule has 1 saturated carbocycles. The van der Waals surface area contributed by atoms with Gasteiger partial charge in [-0.25, -0.2) is 0 Å². The number of anilines is 1. The monoisotopic (exact) mass is 318 g/mol. The van der Waals surface area contributed by atoms with E-state index in [0.717, 1.165) is 57.6 Å². The lowest BCUT2D eigenvalue weighted by atomic mass is 10.1. The molecule has 0 radical (unpaired) electrons. The number of rotatable bonds is 5. The summed E-state index contributed by atoms with van der Waals surface area (Å²) in [6.07, 6.45) is 2.55. The predicted molar refractivity (Wildman–Crippen MR) is 87.8 cm³/mol. The summed E-state index contributed by atoms with van der Waals surface area (Å²) in [5, 5.41) is 8.78. The fraction of sp³-hybridized carbons (Fsp3) is 0.765. The summed E-state index contributed by atoms with van der Waals surface area (Å²) in [7, 11) is 2.20. The molecule has 2 aliphatic heterocycles. The van der Waals surface area contributed by atoms with Crippen LogP contribution in [0, 0.1) is 5.92 Å². The van der Waals surface area contributed by atoms with Crippen molar-refractivity contribution in [3.05, 3.63) is 17.8 Å². The van der Waals surface area contributed by atoms with Gasteiger partial charge in [-0.1, -0.05) is 0 Å². The van der Waals surface area contributed by atoms with Crippen LogP contribution in [0.15, 0.2) is 12.1 Å². The molecule has 0 amide bonds. The highest BCUT2D eigenvalue weighted by atomic mass is 16.5. The second-order valence-electron chi connectivity index (χ2n) is 7.10. The minimum atomic E-state index is 0.481. The van der Waals surface area contributed by atoms with Crippen LogP contribution in [0.4, 0.5) is 5.82 Å². The van der Waals surface area contributed by atoms with Crippen LogP contribution in [0.3, 0.4) is 0 Å². The van der Waals surface area contributed by atoms with Crippen molar-refractivity contribution in [1.29, 1.82) is 0 Å². The molecule has 0 atom stereocenters. The van der Waals surface area contributed by atoms with Crippen molar-refractivity contribution in [2.45, 2.75) is 24.8 Å². The first-order chi connectivity index (χ1) is 11.3. The summed E-state index contributed by atoms with van der Waals surface area (Å²) < 4.78 is 11.2. The van der Waals surface area contributed by atoms with E-state index in [0.29, 0.717) is 17.9 Å². The Balaban J connectivity index is 1.25. The highest BCUT2D eigenvalue weighted by Crippen LogP contribution is 2.38. The molecule has 3 aliphatic rings. The molecule has 126 valence electrons. The van der Waals surface area contributed by atoms with Gasteiger partial charge in [-0.2, -0.15) is 5.10 Å². The molecule has 0 spiro atoms. The number of nitrogens with zero attached hydrogens (tertiary/aromatic N) is 4. The summed E-state index contributed by atoms with van der Waals surface area (Å²) in [5.41, 5.74) is 1.16. The molecule has 4 rings (SSSR count). The average Bonchev–Trinajstić information content (AvgIpc) is 3.34. The maximum Gasteiger partial charge on any atom is 0.151 e. The Morgan fingerprint density at radius 3 is 2.48 bits per heavy atom. The summed E-state index contributed by atoms with van der Waals surface area (Å²) in [4.78, 5) is 4.75. The molecular weight excluding hydrogens is 292 g/mol. The zero-order valence-corrected chi connectivity index (χ0v) is 13.9. The van der Waals surface area contributed by atoms with Gasteiger partial charge in [0.2, 0.25) is 0 Å². The topological polar surface area (TPSA) is 50.7 Å². The fourth-order valence-corrected chi connectivity index (χ4v) is 3.35. The first-order valence-corrected chi connectivity index (χ1v) is 8.74. The quantitative estimate of drug-likeness (QED) is 0.811. The van der Waals surface area contributed by atoms with Gasteiger partial charge >= 0.3 is 0 Å². The van der Waals surface area contributed by atoms with Crippen LogP contribution < -0.4 is 4.90 Å². The van der Waals surface area contributed by atoms with E-state index >= 15 is 0 Å². The number of aromatic nitrogens is 2. The molecule has 2 saturated heterocycles. The average molecular weight is 318 g/mol. The smallest absolute Gasteiger partial charge is 0.151 e. The van der Waals surface area contributed by atoms with Crippen LogP contribution in [-0.4, -0.2) is 74.2 Å². The Kier molecular flexibility index (Phi) is 4.46. The molecule has 0 unspecified atom stereocenters. The number of ether oxygens (including phenoxy) is 2. The van der Waals surface area contributed by atoms with Crippen molar-refractivity contribution in [2.75, 3.05) is 58.0 Å². The standard InChI is InChI=1S/C17H26N4O2/c1-20(8-13-11-22-6-7-23-12-13)15-9-21(10-15)17-5-4-16(18-19-17)14-2-3-14/h4-5,13-15H,2-3,6-12H2,1H3. The van der Waals surface area contributed by atoms with E-state index < -0.39 is 0 Å². The highest BCUT2D eigenvalue weighted by molar-refractivity contribution is 5.42. The lowest BCUT2D eigenvalue weighted by Gasteiger charge is -2.45. The van der Waals surface area contributed by atoms with E-state index in [9.17, 15) is 0 Å². The van der Waals surface area contributed by atoms with Gasteiger partial charge in [0.1, 0.15) is 0 Å². The SMILES string of the molecule is CN(CC1COCCOC1)C1CN(c2ccc(C3CC3)nn2)C1. The Hall–Kier alpha value is -1.24. The van der Waals surface area contributed by atoms with Gasteiger partial charge in [0.05, 0.1) is 32.1 Å². The van der Waals surface area contributed by atoms with Gasteiger partial charge in [-0.15, -0.1) is 5.10 Å². The van der Waals surface area contributed by atoms with E-state index in [1.165, 1.54) is 12.8 Å². The maximum absolute atomic E-state index is 5.59. The normalized spacial score (nSPS) is 23.8. The lowest BCUT2D eigenvalue weighted by molar-refractivity contribution is 0.0917. The van der Waals surface area contributed by atoms with Crippen LogP contribution in [0.25, 0.3) is 0 Å². The van der Waals surface area contributed by atoms with Crippen molar-refractivity contribution in [1.82, 2.24) is 15.1 Å². The molecule has 3 heterocycles. The van der Waals surface area contributed by atoms with Crippen molar-refractivity contribution >= 4 is 5.82 Å².